The first kappa shape index (κ1) is 18.5. The minimum Gasteiger partial charge on any atom is -0.380 e. The lowest BCUT2D eigenvalue weighted by Gasteiger charge is -2.18. The number of nitrogens with one attached hydrogen (secondary N) is 4. The molecule has 2 amide bonds. The van der Waals surface area contributed by atoms with Gasteiger partial charge in [0.05, 0.1) is 11.0 Å². The van der Waals surface area contributed by atoms with Crippen molar-refractivity contribution in [1.82, 2.24) is 5.32 Å². The lowest BCUT2D eigenvalue weighted by atomic mass is 9.86. The third kappa shape index (κ3) is 3.36. The van der Waals surface area contributed by atoms with Gasteiger partial charge in [-0.3, -0.25) is 9.59 Å². The van der Waals surface area contributed by atoms with Crippen LogP contribution in [0.4, 0.5) is 17.1 Å². The Balaban J connectivity index is 1.56. The van der Waals surface area contributed by atoms with E-state index in [9.17, 15) is 9.59 Å². The molecule has 0 aromatic heterocycles. The molecule has 2 aliphatic heterocycles. The van der Waals surface area contributed by atoms with Crippen molar-refractivity contribution in [2.45, 2.75) is 38.6 Å². The first-order chi connectivity index (χ1) is 13.3. The molecule has 1 saturated heterocycles. The summed E-state index contributed by atoms with van der Waals surface area (Å²) >= 11 is 0. The minimum atomic E-state index is -0.554. The maximum atomic E-state index is 13.0. The van der Waals surface area contributed by atoms with Gasteiger partial charge in [-0.15, -0.1) is 0 Å². The van der Waals surface area contributed by atoms with E-state index in [0.717, 1.165) is 42.0 Å². The third-order valence-electron chi connectivity index (χ3n) is 5.61. The van der Waals surface area contributed by atoms with Gasteiger partial charge in [0.2, 0.25) is 5.91 Å². The molecule has 0 bridgehead atoms. The number of rotatable bonds is 4. The molecule has 0 unspecified atom stereocenters. The lowest BCUT2D eigenvalue weighted by molar-refractivity contribution is -0.119. The number of hydrogen-bond acceptors (Lipinski definition) is 4. The number of carbonyl (C=O) groups excluding carboxylic acids is 2. The van der Waals surface area contributed by atoms with Gasteiger partial charge in [0.1, 0.15) is 0 Å². The molecule has 0 saturated carbocycles. The molecule has 1 fully saturated rings. The SMILES string of the molecule is Cc1ccc(C(=O)Nc2ccc3c(c2)NC(=O)C3(C)C)c(N[C@@H]2CCNC2)c1. The van der Waals surface area contributed by atoms with E-state index < -0.39 is 5.41 Å². The first-order valence-corrected chi connectivity index (χ1v) is 9.70. The zero-order chi connectivity index (χ0) is 19.9. The average Bonchev–Trinajstić information content (AvgIpc) is 3.21. The second-order valence-corrected chi connectivity index (χ2v) is 8.18. The van der Waals surface area contributed by atoms with Gasteiger partial charge < -0.3 is 21.3 Å². The Bertz CT molecular complexity index is 946. The molecule has 146 valence electrons. The van der Waals surface area contributed by atoms with Crippen LogP contribution in [0.25, 0.3) is 0 Å². The quantitative estimate of drug-likeness (QED) is 0.658. The summed E-state index contributed by atoms with van der Waals surface area (Å²) < 4.78 is 0. The summed E-state index contributed by atoms with van der Waals surface area (Å²) in [6, 6.07) is 11.7. The minimum absolute atomic E-state index is 0.0267. The molecule has 4 rings (SSSR count). The van der Waals surface area contributed by atoms with Crippen LogP contribution in [-0.4, -0.2) is 30.9 Å². The third-order valence-corrected chi connectivity index (χ3v) is 5.61. The standard InChI is InChI=1S/C22H26N4O2/c1-13-4-6-16(18(10-13)24-15-8-9-23-12-15)20(27)25-14-5-7-17-19(11-14)26-21(28)22(17,2)3/h4-7,10-11,15,23-24H,8-9,12H2,1-3H3,(H,25,27)(H,26,28)/t15-/m1/s1. The lowest BCUT2D eigenvalue weighted by Crippen LogP contribution is -2.26. The number of hydrogen-bond donors (Lipinski definition) is 4. The Kier molecular flexibility index (Phi) is 4.59. The molecule has 4 N–H and O–H groups in total. The average molecular weight is 378 g/mol. The van der Waals surface area contributed by atoms with Gasteiger partial charge in [-0.1, -0.05) is 12.1 Å². The molecule has 2 aromatic carbocycles. The van der Waals surface area contributed by atoms with Gasteiger partial charge in [0, 0.05) is 29.6 Å². The topological polar surface area (TPSA) is 82.3 Å². The predicted molar refractivity (Wildman–Crippen MR) is 112 cm³/mol. The van der Waals surface area contributed by atoms with Crippen molar-refractivity contribution in [2.75, 3.05) is 29.0 Å². The van der Waals surface area contributed by atoms with Crippen molar-refractivity contribution in [2.24, 2.45) is 0 Å². The molecule has 2 aromatic rings. The van der Waals surface area contributed by atoms with Crippen LogP contribution in [0.3, 0.4) is 0 Å². The molecule has 28 heavy (non-hydrogen) atoms. The highest BCUT2D eigenvalue weighted by Gasteiger charge is 2.38. The molecular weight excluding hydrogens is 352 g/mol. The maximum Gasteiger partial charge on any atom is 0.257 e. The van der Waals surface area contributed by atoms with Crippen molar-refractivity contribution < 1.29 is 9.59 Å². The number of benzene rings is 2. The van der Waals surface area contributed by atoms with Crippen molar-refractivity contribution in [3.63, 3.8) is 0 Å². The van der Waals surface area contributed by atoms with Crippen molar-refractivity contribution in [1.29, 1.82) is 0 Å². The van der Waals surface area contributed by atoms with Crippen LogP contribution in [0.1, 0.15) is 41.8 Å². The number of anilines is 3. The summed E-state index contributed by atoms with van der Waals surface area (Å²) in [6.07, 6.45) is 1.04. The highest BCUT2D eigenvalue weighted by Crippen LogP contribution is 2.38. The Labute approximate surface area is 165 Å². The van der Waals surface area contributed by atoms with E-state index in [1.807, 2.05) is 57.2 Å². The Morgan fingerprint density at radius 3 is 2.75 bits per heavy atom. The fraction of sp³-hybridized carbons (Fsp3) is 0.364. The molecule has 6 nitrogen and oxygen atoms in total. The second-order valence-electron chi connectivity index (χ2n) is 8.18. The van der Waals surface area contributed by atoms with E-state index in [1.165, 1.54) is 0 Å². The van der Waals surface area contributed by atoms with Crippen LogP contribution < -0.4 is 21.3 Å². The van der Waals surface area contributed by atoms with Crippen molar-refractivity contribution in [3.8, 4) is 0 Å². The van der Waals surface area contributed by atoms with Gasteiger partial charge in [0.25, 0.3) is 5.91 Å². The Morgan fingerprint density at radius 2 is 2.00 bits per heavy atom. The normalized spacial score (nSPS) is 19.8. The molecular formula is C22H26N4O2. The summed E-state index contributed by atoms with van der Waals surface area (Å²) in [5, 5.41) is 12.7. The molecule has 6 heteroatoms. The van der Waals surface area contributed by atoms with Gasteiger partial charge in [-0.2, -0.15) is 0 Å². The van der Waals surface area contributed by atoms with Crippen LogP contribution in [0.2, 0.25) is 0 Å². The summed E-state index contributed by atoms with van der Waals surface area (Å²) in [6.45, 7) is 7.70. The van der Waals surface area contributed by atoms with Crippen LogP contribution >= 0.6 is 0 Å². The van der Waals surface area contributed by atoms with Crippen LogP contribution in [0.5, 0.6) is 0 Å². The van der Waals surface area contributed by atoms with E-state index in [2.05, 4.69) is 21.3 Å². The fourth-order valence-electron chi connectivity index (χ4n) is 3.84. The van der Waals surface area contributed by atoms with E-state index in [0.29, 0.717) is 17.3 Å². The number of amides is 2. The molecule has 0 spiro atoms. The summed E-state index contributed by atoms with van der Waals surface area (Å²) in [7, 11) is 0. The van der Waals surface area contributed by atoms with Gasteiger partial charge in [-0.25, -0.2) is 0 Å². The largest absolute Gasteiger partial charge is 0.380 e. The van der Waals surface area contributed by atoms with Gasteiger partial charge >= 0.3 is 0 Å². The monoisotopic (exact) mass is 378 g/mol. The number of fused-ring (bicyclic) bond motifs is 1. The van der Waals surface area contributed by atoms with Crippen LogP contribution in [0.15, 0.2) is 36.4 Å². The predicted octanol–water partition coefficient (Wildman–Crippen LogP) is 3.25. The Hall–Kier alpha value is -2.86. The van der Waals surface area contributed by atoms with Crippen molar-refractivity contribution >= 4 is 28.9 Å². The Morgan fingerprint density at radius 1 is 1.18 bits per heavy atom. The molecule has 2 heterocycles. The summed E-state index contributed by atoms with van der Waals surface area (Å²) in [5.74, 6) is -0.196. The van der Waals surface area contributed by atoms with E-state index in [4.69, 9.17) is 0 Å². The highest BCUT2D eigenvalue weighted by molar-refractivity contribution is 6.10. The summed E-state index contributed by atoms with van der Waals surface area (Å²) in [4.78, 5) is 25.1. The van der Waals surface area contributed by atoms with Crippen molar-refractivity contribution in [3.05, 3.63) is 53.1 Å². The van der Waals surface area contributed by atoms with Gasteiger partial charge in [0.15, 0.2) is 0 Å². The second kappa shape index (κ2) is 6.95. The van der Waals surface area contributed by atoms with Crippen LogP contribution in [0, 0.1) is 6.92 Å². The maximum absolute atomic E-state index is 13.0. The molecule has 1 atom stereocenters. The van der Waals surface area contributed by atoms with Crippen LogP contribution in [-0.2, 0) is 10.2 Å². The zero-order valence-corrected chi connectivity index (χ0v) is 16.5. The summed E-state index contributed by atoms with van der Waals surface area (Å²) in [5.41, 5.74) is 4.38. The number of carbonyl (C=O) groups is 2. The van der Waals surface area contributed by atoms with E-state index >= 15 is 0 Å². The molecule has 2 aliphatic rings. The zero-order valence-electron chi connectivity index (χ0n) is 16.5. The van der Waals surface area contributed by atoms with E-state index in [-0.39, 0.29) is 11.8 Å². The molecule has 0 radical (unpaired) electrons. The molecule has 0 aliphatic carbocycles. The first-order valence-electron chi connectivity index (χ1n) is 9.70. The number of aryl methyl sites for hydroxylation is 1. The van der Waals surface area contributed by atoms with Gasteiger partial charge in [-0.05, 0) is 69.1 Å². The highest BCUT2D eigenvalue weighted by atomic mass is 16.2. The smallest absolute Gasteiger partial charge is 0.257 e. The fourth-order valence-corrected chi connectivity index (χ4v) is 3.84. The van der Waals surface area contributed by atoms with E-state index in [1.54, 1.807) is 0 Å².